The van der Waals surface area contributed by atoms with Gasteiger partial charge in [-0.05, 0) is 49.9 Å². The molecule has 1 saturated heterocycles. The zero-order valence-corrected chi connectivity index (χ0v) is 12.8. The highest BCUT2D eigenvalue weighted by atomic mass is 32.2. The lowest BCUT2D eigenvalue weighted by Crippen LogP contribution is -2.27. The molecule has 108 valence electrons. The molecular formula is C14H25N3OS. The first-order chi connectivity index (χ1) is 9.24. The SMILES string of the molecule is CC(C)CSCc1noc(CCC2CCNCC2)n1. The van der Waals surface area contributed by atoms with Crippen molar-refractivity contribution in [2.75, 3.05) is 18.8 Å². The molecule has 0 bridgehead atoms. The molecule has 1 aromatic rings. The summed E-state index contributed by atoms with van der Waals surface area (Å²) in [7, 11) is 0. The first-order valence-electron chi connectivity index (χ1n) is 7.34. The fourth-order valence-electron chi connectivity index (χ4n) is 2.33. The van der Waals surface area contributed by atoms with Crippen molar-refractivity contribution in [2.24, 2.45) is 11.8 Å². The highest BCUT2D eigenvalue weighted by molar-refractivity contribution is 7.98. The molecule has 0 aliphatic carbocycles. The molecule has 0 atom stereocenters. The van der Waals surface area contributed by atoms with Gasteiger partial charge in [-0.15, -0.1) is 0 Å². The van der Waals surface area contributed by atoms with Gasteiger partial charge in [-0.1, -0.05) is 19.0 Å². The first kappa shape index (κ1) is 14.9. The van der Waals surface area contributed by atoms with E-state index in [0.717, 1.165) is 54.6 Å². The maximum Gasteiger partial charge on any atom is 0.226 e. The fraction of sp³-hybridized carbons (Fsp3) is 0.857. The number of thioether (sulfide) groups is 1. The summed E-state index contributed by atoms with van der Waals surface area (Å²) < 4.78 is 5.32. The number of hydrogen-bond donors (Lipinski definition) is 1. The number of hydrogen-bond acceptors (Lipinski definition) is 5. The van der Waals surface area contributed by atoms with Crippen molar-refractivity contribution < 1.29 is 4.52 Å². The fourth-order valence-corrected chi connectivity index (χ4v) is 3.22. The largest absolute Gasteiger partial charge is 0.339 e. The predicted molar refractivity (Wildman–Crippen MR) is 79.2 cm³/mol. The highest BCUT2D eigenvalue weighted by Gasteiger charge is 2.15. The van der Waals surface area contributed by atoms with Crippen LogP contribution in [0.5, 0.6) is 0 Å². The van der Waals surface area contributed by atoms with Crippen LogP contribution >= 0.6 is 11.8 Å². The van der Waals surface area contributed by atoms with Gasteiger partial charge in [-0.2, -0.15) is 16.7 Å². The molecule has 0 aromatic carbocycles. The average Bonchev–Trinajstić information content (AvgIpc) is 2.85. The average molecular weight is 283 g/mol. The second-order valence-electron chi connectivity index (χ2n) is 5.75. The second-order valence-corrected chi connectivity index (χ2v) is 6.78. The van der Waals surface area contributed by atoms with E-state index in [-0.39, 0.29) is 0 Å². The maximum absolute atomic E-state index is 5.32. The van der Waals surface area contributed by atoms with E-state index >= 15 is 0 Å². The van der Waals surface area contributed by atoms with Crippen molar-refractivity contribution in [3.05, 3.63) is 11.7 Å². The van der Waals surface area contributed by atoms with Crippen molar-refractivity contribution in [1.29, 1.82) is 0 Å². The van der Waals surface area contributed by atoms with Crippen LogP contribution in [0.3, 0.4) is 0 Å². The highest BCUT2D eigenvalue weighted by Crippen LogP contribution is 2.19. The van der Waals surface area contributed by atoms with E-state index in [1.807, 2.05) is 11.8 Å². The van der Waals surface area contributed by atoms with Crippen molar-refractivity contribution >= 4 is 11.8 Å². The summed E-state index contributed by atoms with van der Waals surface area (Å²) in [5.74, 6) is 5.24. The number of rotatable bonds is 7. The molecule has 1 aromatic heterocycles. The Balaban J connectivity index is 1.68. The molecule has 0 radical (unpaired) electrons. The lowest BCUT2D eigenvalue weighted by Gasteiger charge is -2.21. The number of nitrogens with zero attached hydrogens (tertiary/aromatic N) is 2. The zero-order valence-electron chi connectivity index (χ0n) is 12.0. The minimum absolute atomic E-state index is 0.719. The van der Waals surface area contributed by atoms with Crippen LogP contribution in [0.2, 0.25) is 0 Å². The minimum atomic E-state index is 0.719. The number of nitrogens with one attached hydrogen (secondary N) is 1. The molecular weight excluding hydrogens is 258 g/mol. The Morgan fingerprint density at radius 3 is 2.89 bits per heavy atom. The van der Waals surface area contributed by atoms with Gasteiger partial charge in [0.1, 0.15) is 0 Å². The Hall–Kier alpha value is -0.550. The van der Waals surface area contributed by atoms with E-state index in [9.17, 15) is 0 Å². The molecule has 5 heteroatoms. The summed E-state index contributed by atoms with van der Waals surface area (Å²) in [6.07, 6.45) is 4.69. The third-order valence-corrected chi connectivity index (χ3v) is 4.78. The third-order valence-electron chi connectivity index (χ3n) is 3.42. The van der Waals surface area contributed by atoms with E-state index in [4.69, 9.17) is 4.52 Å². The van der Waals surface area contributed by atoms with Crippen LogP contribution in [0.15, 0.2) is 4.52 Å². The number of piperidine rings is 1. The number of aryl methyl sites for hydroxylation is 1. The lowest BCUT2D eigenvalue weighted by atomic mass is 9.93. The standard InChI is InChI=1S/C14H25N3OS/c1-11(2)9-19-10-13-16-14(18-17-13)4-3-12-5-7-15-8-6-12/h11-12,15H,3-10H2,1-2H3. The van der Waals surface area contributed by atoms with Gasteiger partial charge >= 0.3 is 0 Å². The monoisotopic (exact) mass is 283 g/mol. The van der Waals surface area contributed by atoms with Crippen molar-refractivity contribution in [2.45, 2.75) is 45.3 Å². The van der Waals surface area contributed by atoms with Crippen LogP contribution in [-0.2, 0) is 12.2 Å². The Bertz CT molecular complexity index is 361. The van der Waals surface area contributed by atoms with E-state index in [0.29, 0.717) is 0 Å². The van der Waals surface area contributed by atoms with Crippen molar-refractivity contribution in [3.63, 3.8) is 0 Å². The summed E-state index contributed by atoms with van der Waals surface area (Å²) in [6, 6.07) is 0. The molecule has 1 N–H and O–H groups in total. The van der Waals surface area contributed by atoms with E-state index in [1.165, 1.54) is 19.3 Å². The molecule has 2 heterocycles. The van der Waals surface area contributed by atoms with Crippen LogP contribution < -0.4 is 5.32 Å². The minimum Gasteiger partial charge on any atom is -0.339 e. The molecule has 1 fully saturated rings. The number of aromatic nitrogens is 2. The molecule has 0 unspecified atom stereocenters. The quantitative estimate of drug-likeness (QED) is 0.834. The van der Waals surface area contributed by atoms with Crippen molar-refractivity contribution in [3.8, 4) is 0 Å². The van der Waals surface area contributed by atoms with E-state index in [1.54, 1.807) is 0 Å². The molecule has 0 spiro atoms. The zero-order chi connectivity index (χ0) is 13.5. The molecule has 0 saturated carbocycles. The maximum atomic E-state index is 5.32. The molecule has 1 aliphatic heterocycles. The van der Waals surface area contributed by atoms with Crippen LogP contribution in [0.1, 0.15) is 44.8 Å². The molecule has 1 aliphatic rings. The lowest BCUT2D eigenvalue weighted by molar-refractivity contribution is 0.323. The summed E-state index contributed by atoms with van der Waals surface area (Å²) in [4.78, 5) is 4.48. The molecule has 19 heavy (non-hydrogen) atoms. The molecule has 4 nitrogen and oxygen atoms in total. The van der Waals surface area contributed by atoms with Crippen LogP contribution in [0.4, 0.5) is 0 Å². The van der Waals surface area contributed by atoms with Crippen LogP contribution in [0.25, 0.3) is 0 Å². The summed E-state index contributed by atoms with van der Waals surface area (Å²) in [5.41, 5.74) is 0. The van der Waals surface area contributed by atoms with Gasteiger partial charge in [0.15, 0.2) is 5.82 Å². The smallest absolute Gasteiger partial charge is 0.226 e. The van der Waals surface area contributed by atoms with Gasteiger partial charge in [0.25, 0.3) is 0 Å². The Morgan fingerprint density at radius 1 is 1.37 bits per heavy atom. The van der Waals surface area contributed by atoms with Crippen LogP contribution in [0, 0.1) is 11.8 Å². The van der Waals surface area contributed by atoms with Gasteiger partial charge in [0, 0.05) is 6.42 Å². The van der Waals surface area contributed by atoms with Gasteiger partial charge in [-0.3, -0.25) is 0 Å². The van der Waals surface area contributed by atoms with Gasteiger partial charge in [0.05, 0.1) is 5.75 Å². The Morgan fingerprint density at radius 2 is 2.16 bits per heavy atom. The summed E-state index contributed by atoms with van der Waals surface area (Å²) in [5, 5.41) is 7.45. The van der Waals surface area contributed by atoms with E-state index < -0.39 is 0 Å². The first-order valence-corrected chi connectivity index (χ1v) is 8.49. The third kappa shape index (κ3) is 5.53. The topological polar surface area (TPSA) is 51.0 Å². The van der Waals surface area contributed by atoms with E-state index in [2.05, 4.69) is 29.3 Å². The molecule has 2 rings (SSSR count). The van der Waals surface area contributed by atoms with Gasteiger partial charge in [0.2, 0.25) is 5.89 Å². The summed E-state index contributed by atoms with van der Waals surface area (Å²) in [6.45, 7) is 6.78. The van der Waals surface area contributed by atoms with Crippen LogP contribution in [-0.4, -0.2) is 29.0 Å². The Kier molecular flexibility index (Phi) is 6.17. The normalized spacial score (nSPS) is 17.2. The second kappa shape index (κ2) is 7.90. The van der Waals surface area contributed by atoms with Gasteiger partial charge < -0.3 is 9.84 Å². The van der Waals surface area contributed by atoms with Gasteiger partial charge in [-0.25, -0.2) is 0 Å². The Labute approximate surface area is 120 Å². The summed E-state index contributed by atoms with van der Waals surface area (Å²) >= 11 is 1.88. The van der Waals surface area contributed by atoms with Crippen molar-refractivity contribution in [1.82, 2.24) is 15.5 Å². The predicted octanol–water partition coefficient (Wildman–Crippen LogP) is 2.89. The molecule has 0 amide bonds.